The Bertz CT molecular complexity index is 1340. The molecule has 7 nitrogen and oxygen atoms in total. The maximum absolute atomic E-state index is 13.0. The highest BCUT2D eigenvalue weighted by atomic mass is 32.1. The minimum absolute atomic E-state index is 0.118. The molecule has 0 saturated carbocycles. The number of fused-ring (bicyclic) bond motifs is 1. The van der Waals surface area contributed by atoms with E-state index >= 15 is 0 Å². The van der Waals surface area contributed by atoms with E-state index in [1.54, 1.807) is 13.8 Å². The van der Waals surface area contributed by atoms with Gasteiger partial charge in [-0.15, -0.1) is 16.4 Å². The van der Waals surface area contributed by atoms with E-state index in [0.29, 0.717) is 28.5 Å². The minimum atomic E-state index is -4.66. The Morgan fingerprint density at radius 1 is 1.06 bits per heavy atom. The summed E-state index contributed by atoms with van der Waals surface area (Å²) in [5.74, 6) is -1.60. The van der Waals surface area contributed by atoms with Crippen LogP contribution < -0.4 is 5.32 Å². The van der Waals surface area contributed by atoms with Crippen LogP contribution in [0, 0.1) is 27.7 Å². The van der Waals surface area contributed by atoms with E-state index in [2.05, 4.69) is 25.4 Å². The topological polar surface area (TPSA) is 85.1 Å². The van der Waals surface area contributed by atoms with Gasteiger partial charge < -0.3 is 5.32 Å². The Labute approximate surface area is 191 Å². The summed E-state index contributed by atoms with van der Waals surface area (Å²) in [5, 5.41) is 6.86. The van der Waals surface area contributed by atoms with E-state index in [1.807, 2.05) is 38.1 Å². The van der Waals surface area contributed by atoms with Gasteiger partial charge in [-0.2, -0.15) is 18.2 Å². The Kier molecular flexibility index (Phi) is 5.91. The van der Waals surface area contributed by atoms with Crippen molar-refractivity contribution < 1.29 is 18.0 Å². The van der Waals surface area contributed by atoms with Crippen molar-refractivity contribution in [3.8, 4) is 11.3 Å². The van der Waals surface area contributed by atoms with Gasteiger partial charge in [-0.1, -0.05) is 29.8 Å². The summed E-state index contributed by atoms with van der Waals surface area (Å²) in [6.45, 7) is 7.28. The summed E-state index contributed by atoms with van der Waals surface area (Å²) in [4.78, 5) is 25.7. The molecule has 0 radical (unpaired) electrons. The third kappa shape index (κ3) is 4.72. The number of carbonyl (C=O) groups excluding carboxylic acids is 1. The minimum Gasteiger partial charge on any atom is -0.302 e. The summed E-state index contributed by atoms with van der Waals surface area (Å²) in [7, 11) is 0. The molecule has 3 aromatic heterocycles. The number of carbonyl (C=O) groups is 1. The highest BCUT2D eigenvalue weighted by molar-refractivity contribution is 7.16. The van der Waals surface area contributed by atoms with Gasteiger partial charge >= 0.3 is 6.18 Å². The normalized spacial score (nSPS) is 11.8. The van der Waals surface area contributed by atoms with Crippen LogP contribution in [0.25, 0.3) is 17.0 Å². The van der Waals surface area contributed by atoms with Crippen LogP contribution in [0.4, 0.5) is 18.3 Å². The summed E-state index contributed by atoms with van der Waals surface area (Å²) < 4.78 is 39.9. The monoisotopic (exact) mass is 474 g/mol. The number of hydrogen-bond acceptors (Lipinski definition) is 6. The summed E-state index contributed by atoms with van der Waals surface area (Å²) in [6, 6.07) is 8.00. The fourth-order valence-corrected chi connectivity index (χ4v) is 4.39. The third-order valence-corrected chi connectivity index (χ3v) is 6.16. The van der Waals surface area contributed by atoms with Gasteiger partial charge in [0.15, 0.2) is 5.13 Å². The van der Waals surface area contributed by atoms with Crippen molar-refractivity contribution in [1.82, 2.24) is 24.6 Å². The molecule has 0 aliphatic heterocycles. The van der Waals surface area contributed by atoms with E-state index in [-0.39, 0.29) is 18.1 Å². The van der Waals surface area contributed by atoms with Crippen LogP contribution in [0.5, 0.6) is 0 Å². The molecule has 0 spiro atoms. The molecule has 0 bridgehead atoms. The van der Waals surface area contributed by atoms with Gasteiger partial charge in [-0.05, 0) is 39.7 Å². The second-order valence-corrected chi connectivity index (χ2v) is 8.95. The van der Waals surface area contributed by atoms with Gasteiger partial charge in [0, 0.05) is 28.2 Å². The number of nitrogens with one attached hydrogen (secondary N) is 1. The van der Waals surface area contributed by atoms with Crippen molar-refractivity contribution in [3.63, 3.8) is 0 Å². The molecule has 1 N–H and O–H groups in total. The number of alkyl halides is 3. The summed E-state index contributed by atoms with van der Waals surface area (Å²) in [6.07, 6.45) is -4.24. The zero-order valence-electron chi connectivity index (χ0n) is 18.4. The molecule has 172 valence electrons. The standard InChI is InChI=1S/C22H21F3N6OS/c1-11-5-7-15(8-6-11)18-14(4)33-21(28-18)27-17(32)10-9-16-12(2)26-20-29-19(22(23,24)25)30-31(20)13(16)3/h5-8H,9-10H2,1-4H3,(H,27,28,32). The number of amides is 1. The predicted octanol–water partition coefficient (Wildman–Crippen LogP) is 5.07. The van der Waals surface area contributed by atoms with E-state index in [4.69, 9.17) is 0 Å². The van der Waals surface area contributed by atoms with Crippen molar-refractivity contribution in [1.29, 1.82) is 0 Å². The molecule has 1 aromatic carbocycles. The van der Waals surface area contributed by atoms with Crippen LogP contribution in [-0.2, 0) is 17.4 Å². The molecule has 0 aliphatic carbocycles. The quantitative estimate of drug-likeness (QED) is 0.437. The van der Waals surface area contributed by atoms with Crippen LogP contribution in [0.2, 0.25) is 0 Å². The van der Waals surface area contributed by atoms with Crippen molar-refractivity contribution in [2.45, 2.75) is 46.7 Å². The van der Waals surface area contributed by atoms with Crippen LogP contribution in [0.1, 0.15) is 39.6 Å². The number of aromatic nitrogens is 5. The lowest BCUT2D eigenvalue weighted by Crippen LogP contribution is -2.14. The van der Waals surface area contributed by atoms with Crippen LogP contribution in [0.3, 0.4) is 0 Å². The van der Waals surface area contributed by atoms with E-state index in [9.17, 15) is 18.0 Å². The second kappa shape index (κ2) is 8.54. The molecule has 0 unspecified atom stereocenters. The Morgan fingerprint density at radius 3 is 2.42 bits per heavy atom. The lowest BCUT2D eigenvalue weighted by Gasteiger charge is -2.10. The maximum atomic E-state index is 13.0. The number of rotatable bonds is 5. The molecule has 33 heavy (non-hydrogen) atoms. The Balaban J connectivity index is 1.48. The van der Waals surface area contributed by atoms with E-state index in [1.165, 1.54) is 11.3 Å². The number of aryl methyl sites for hydroxylation is 4. The number of nitrogens with zero attached hydrogens (tertiary/aromatic N) is 5. The fourth-order valence-electron chi connectivity index (χ4n) is 3.54. The van der Waals surface area contributed by atoms with Gasteiger partial charge in [0.2, 0.25) is 5.91 Å². The average Bonchev–Trinajstić information content (AvgIpc) is 3.32. The highest BCUT2D eigenvalue weighted by Gasteiger charge is 2.37. The molecule has 11 heteroatoms. The maximum Gasteiger partial charge on any atom is 0.453 e. The molecule has 4 rings (SSSR count). The molecule has 0 aliphatic rings. The number of anilines is 1. The molecule has 0 fully saturated rings. The van der Waals surface area contributed by atoms with Crippen LogP contribution in [-0.4, -0.2) is 30.5 Å². The SMILES string of the molecule is Cc1ccc(-c2nc(NC(=O)CCc3c(C)nc4nc(C(F)(F)F)nn4c3C)sc2C)cc1. The van der Waals surface area contributed by atoms with E-state index in [0.717, 1.165) is 26.2 Å². The number of benzene rings is 1. The first-order chi connectivity index (χ1) is 15.5. The fraction of sp³-hybridized carbons (Fsp3) is 0.318. The van der Waals surface area contributed by atoms with Crippen LogP contribution >= 0.6 is 11.3 Å². The van der Waals surface area contributed by atoms with Crippen molar-refractivity contribution >= 4 is 28.2 Å². The van der Waals surface area contributed by atoms with Gasteiger partial charge in [-0.25, -0.2) is 14.5 Å². The smallest absolute Gasteiger partial charge is 0.302 e. The largest absolute Gasteiger partial charge is 0.453 e. The molecule has 1 amide bonds. The highest BCUT2D eigenvalue weighted by Crippen LogP contribution is 2.31. The zero-order chi connectivity index (χ0) is 23.9. The molecule has 0 atom stereocenters. The van der Waals surface area contributed by atoms with Gasteiger partial charge in [0.1, 0.15) is 0 Å². The molecule has 3 heterocycles. The lowest BCUT2D eigenvalue weighted by molar-refractivity contribution is -0.144. The number of hydrogen-bond donors (Lipinski definition) is 1. The van der Waals surface area contributed by atoms with Crippen LogP contribution in [0.15, 0.2) is 24.3 Å². The predicted molar refractivity (Wildman–Crippen MR) is 119 cm³/mol. The van der Waals surface area contributed by atoms with E-state index < -0.39 is 12.0 Å². The first-order valence-corrected chi connectivity index (χ1v) is 11.0. The van der Waals surface area contributed by atoms with Crippen molar-refractivity contribution in [2.75, 3.05) is 5.32 Å². The number of thiazole rings is 1. The second-order valence-electron chi connectivity index (χ2n) is 7.74. The van der Waals surface area contributed by atoms with Gasteiger partial charge in [0.25, 0.3) is 11.6 Å². The third-order valence-electron chi connectivity index (χ3n) is 5.27. The Morgan fingerprint density at radius 2 is 1.76 bits per heavy atom. The average molecular weight is 475 g/mol. The first kappa shape index (κ1) is 22.8. The van der Waals surface area contributed by atoms with Gasteiger partial charge in [0.05, 0.1) is 5.69 Å². The molecular formula is C22H21F3N6OS. The molecular weight excluding hydrogens is 453 g/mol. The number of halogens is 3. The Hall–Kier alpha value is -3.34. The summed E-state index contributed by atoms with van der Waals surface area (Å²) >= 11 is 1.39. The molecule has 0 saturated heterocycles. The van der Waals surface area contributed by atoms with Crippen molar-refractivity contribution in [2.24, 2.45) is 0 Å². The lowest BCUT2D eigenvalue weighted by atomic mass is 10.1. The van der Waals surface area contributed by atoms with Crippen molar-refractivity contribution in [3.05, 3.63) is 57.5 Å². The summed E-state index contributed by atoms with van der Waals surface area (Å²) in [5.41, 5.74) is 4.60. The molecule has 4 aromatic rings. The van der Waals surface area contributed by atoms with Gasteiger partial charge in [-0.3, -0.25) is 4.79 Å². The zero-order valence-corrected chi connectivity index (χ0v) is 19.2. The first-order valence-electron chi connectivity index (χ1n) is 10.2.